The highest BCUT2D eigenvalue weighted by molar-refractivity contribution is 7.18. The quantitative estimate of drug-likeness (QED) is 0.102. The van der Waals surface area contributed by atoms with Gasteiger partial charge in [0.05, 0.1) is 121 Å². The molecule has 33 nitrogen and oxygen atoms in total. The molecule has 0 amide bonds. The molecule has 0 aliphatic carbocycles. The maximum absolute atomic E-state index is 12.9. The molecule has 3 N–H and O–H groups in total. The van der Waals surface area contributed by atoms with Gasteiger partial charge in [-0.25, -0.2) is 44.9 Å². The summed E-state index contributed by atoms with van der Waals surface area (Å²) in [6.45, 7) is 28.5. The molecule has 7 aliphatic heterocycles. The fraction of sp³-hybridized carbons (Fsp3) is 0.324. The van der Waals surface area contributed by atoms with Crippen molar-refractivity contribution in [1.82, 2.24) is 106 Å². The summed E-state index contributed by atoms with van der Waals surface area (Å²) >= 11 is 22.6. The van der Waals surface area contributed by atoms with Crippen molar-refractivity contribution < 1.29 is 4.74 Å². The molecule has 5 saturated heterocycles. The Morgan fingerprint density at radius 2 is 0.849 bits per heavy atom. The number of thiazole rings is 2. The van der Waals surface area contributed by atoms with Crippen LogP contribution in [-0.2, 0) is 0 Å². The van der Waals surface area contributed by atoms with E-state index in [1.165, 1.54) is 0 Å². The Bertz CT molecular complexity index is 8510. The van der Waals surface area contributed by atoms with E-state index in [2.05, 4.69) is 127 Å². The van der Waals surface area contributed by atoms with Gasteiger partial charge in [0.15, 0.2) is 17.5 Å². The number of anilines is 4. The normalized spacial score (nSPS) is 17.6. The number of ether oxygens (including phenoxy) is 1. The van der Waals surface area contributed by atoms with E-state index in [-0.39, 0.29) is 40.1 Å². The van der Waals surface area contributed by atoms with Gasteiger partial charge < -0.3 is 63.8 Å². The number of rotatable bonds is 12. The number of allylic oxidation sites excluding steroid dienone is 2. The van der Waals surface area contributed by atoms with E-state index in [9.17, 15) is 24.0 Å². The fourth-order valence-electron chi connectivity index (χ4n) is 20.1. The van der Waals surface area contributed by atoms with Crippen molar-refractivity contribution in [2.75, 3.05) is 139 Å². The van der Waals surface area contributed by atoms with E-state index < -0.39 is 0 Å². The minimum atomic E-state index is -0.145. The summed E-state index contributed by atoms with van der Waals surface area (Å²) in [4.78, 5) is 126. The topological polar surface area (TPSA) is 313 Å². The van der Waals surface area contributed by atoms with E-state index in [0.29, 0.717) is 107 Å². The molecule has 38 heteroatoms. The van der Waals surface area contributed by atoms with Gasteiger partial charge in [-0.1, -0.05) is 46.9 Å². The van der Waals surface area contributed by atoms with Gasteiger partial charge in [0.1, 0.15) is 40.1 Å². The van der Waals surface area contributed by atoms with E-state index >= 15 is 0 Å². The first-order valence-corrected chi connectivity index (χ1v) is 52.1. The number of aromatic nitrogens is 16. The molecule has 3 atom stereocenters. The van der Waals surface area contributed by atoms with Crippen molar-refractivity contribution >= 4 is 151 Å². The van der Waals surface area contributed by atoms with Crippen molar-refractivity contribution in [2.45, 2.75) is 111 Å². The van der Waals surface area contributed by atoms with Crippen LogP contribution in [0, 0.1) is 27.7 Å². The lowest BCUT2D eigenvalue weighted by Crippen LogP contribution is -2.54. The van der Waals surface area contributed by atoms with Crippen LogP contribution in [0.1, 0.15) is 80.0 Å². The number of hydrogen-bond acceptors (Lipinski definition) is 28. The lowest BCUT2D eigenvalue weighted by Gasteiger charge is -2.37. The highest BCUT2D eigenvalue weighted by atomic mass is 35.5. The molecule has 748 valence electrons. The van der Waals surface area contributed by atoms with Crippen LogP contribution >= 0.6 is 57.5 Å². The third-order valence-electron chi connectivity index (χ3n) is 27.5. The summed E-state index contributed by atoms with van der Waals surface area (Å²) < 4.78 is 20.1. The number of aliphatic imine (C=N–C) groups is 1. The number of benzene rings is 2. The van der Waals surface area contributed by atoms with Crippen LogP contribution in [0.2, 0.25) is 10.0 Å². The van der Waals surface area contributed by atoms with Gasteiger partial charge in [0.25, 0.3) is 27.8 Å². The van der Waals surface area contributed by atoms with E-state index in [0.717, 1.165) is 228 Å². The van der Waals surface area contributed by atoms with E-state index in [4.69, 9.17) is 59.5 Å². The van der Waals surface area contributed by atoms with Crippen LogP contribution in [0.15, 0.2) is 242 Å². The van der Waals surface area contributed by atoms with Crippen molar-refractivity contribution in [3.63, 3.8) is 0 Å². The summed E-state index contributed by atoms with van der Waals surface area (Å²) in [6, 6.07) is 44.6. The molecule has 146 heavy (non-hydrogen) atoms. The Kier molecular flexibility index (Phi) is 28.1. The predicted octanol–water partition coefficient (Wildman–Crippen LogP) is 15.2. The van der Waals surface area contributed by atoms with E-state index in [1.807, 2.05) is 196 Å². The van der Waals surface area contributed by atoms with Crippen LogP contribution in [0.25, 0.3) is 111 Å². The molecule has 5 fully saturated rings. The molecule has 7 aliphatic rings. The third kappa shape index (κ3) is 21.4. The average Bonchev–Trinajstić information content (AvgIpc) is 1.46. The highest BCUT2D eigenvalue weighted by Crippen LogP contribution is 2.36. The Morgan fingerprint density at radius 1 is 0.418 bits per heavy atom. The number of pyridine rings is 7. The zero-order valence-corrected chi connectivity index (χ0v) is 86.7. The molecule has 0 bridgehead atoms. The minimum absolute atomic E-state index is 0.0550. The Morgan fingerprint density at radius 3 is 1.34 bits per heavy atom. The molecular weight excluding hydrogens is 1940 g/mol. The zero-order valence-electron chi connectivity index (χ0n) is 82.8. The van der Waals surface area contributed by atoms with Crippen LogP contribution in [0.3, 0.4) is 0 Å². The number of imidazole rings is 2. The van der Waals surface area contributed by atoms with Gasteiger partial charge in [0.2, 0.25) is 0 Å². The Hall–Kier alpha value is -14.0. The van der Waals surface area contributed by atoms with Crippen LogP contribution in [0.4, 0.5) is 22.7 Å². The standard InChI is InChI=1S/C23H25N5OS.2C22H23ClN6O.C21H20N4O2S.C20H21ClN6O/c1-15-24-19-6-4-16(12-21(19)30-15)20-13-23(29)28-14-18(5-7-22(28)25-20)27-10-8-17(9-11-27)26(2)3;1-13-8-27(9-14(2)24-13)17-4-5-20-26-19(7-21(30)29(20)12-17)16-6-18(23)22-25-15(3)10-28(22)11-16;1-15-12-28-13-16(10-18(23)22(28)24-15)19-11-21(30)29-14-17(4-5-20(29)25-19)27-7-3-6-26(2)8-9-27;1-13-23-17-4-2-14(10-19(17)28-13)18-11-21(26)25-12-16(3-5-20(25)24-18)27-15-6-8-22-9-7-15;1-13-10-26-11-14(8-16(21)20(26)23-13)17-9-19(28)27-12-15(2-3-18(27)24-17)25-6-4-22-5-7-25/h4-7,12-14,17H,8-11H2,1-3H3;4-7,10-14,24H,8-9H2,1-3H3;4-5,10-14H,3,6-9H2,1-2H3;2-5,10-12,15,22H,6-9H2,1H3;2-3,8-9,11-12,20,22H,4-7,10H2,1H3/t;13-,14+;;;. The summed E-state index contributed by atoms with van der Waals surface area (Å²) in [5.41, 5.74) is 20.4. The molecule has 23 heterocycles. The summed E-state index contributed by atoms with van der Waals surface area (Å²) in [5.74, 6) is 0.706. The number of halogens is 3. The number of fused-ring (bicyclic) bond motifs is 10. The van der Waals surface area contributed by atoms with Crippen LogP contribution < -0.4 is 68.1 Å². The van der Waals surface area contributed by atoms with Crippen molar-refractivity contribution in [2.24, 2.45) is 4.99 Å². The fourth-order valence-corrected chi connectivity index (χ4v) is 22.7. The summed E-state index contributed by atoms with van der Waals surface area (Å²) in [5, 5.41) is 14.0. The SMILES string of the molecule is CC1=NC2C(Cl)=CC(c3cc(=O)n4cc(N5CCNCC5)ccc4n3)=CN2C1.Cc1cn2cc(-c3cc(=O)n4cc(N5CCCN(C)CC5)ccc4n3)cc(Cl)c2n1.Cc1cn2cc(-c3cc(=O)n4cc(N5C[C@@H](C)N[C@@H](C)C5)ccc4n3)cc(Cl)c2n1.Cc1nc2ccc(-c3cc(=O)n4cc(N5CCC(N(C)C)CC5)ccc4n3)cc2s1.Cc1nc2ccc(-c3cc(=O)n4cc(OC5CCNCC5)ccc4n3)cc2s1. The van der Waals surface area contributed by atoms with Gasteiger partial charge in [0, 0.05) is 210 Å². The van der Waals surface area contributed by atoms with E-state index in [1.54, 1.807) is 87.3 Å². The molecule has 2 aromatic carbocycles. The molecule has 1 unspecified atom stereocenters. The maximum Gasteiger partial charge on any atom is 0.258 e. The molecule has 0 radical (unpaired) electrons. The summed E-state index contributed by atoms with van der Waals surface area (Å²) in [7, 11) is 6.44. The molecule has 18 aromatic rings. The van der Waals surface area contributed by atoms with Crippen molar-refractivity contribution in [3.05, 3.63) is 302 Å². The van der Waals surface area contributed by atoms with Crippen molar-refractivity contribution in [3.8, 4) is 50.8 Å². The number of piperidine rings is 2. The first kappa shape index (κ1) is 98.1. The predicted molar refractivity (Wildman–Crippen MR) is 587 cm³/mol. The largest absolute Gasteiger partial charge is 0.489 e. The molecule has 0 saturated carbocycles. The van der Waals surface area contributed by atoms with Gasteiger partial charge in [-0.3, -0.25) is 51.0 Å². The van der Waals surface area contributed by atoms with Gasteiger partial charge in [-0.15, -0.1) is 22.7 Å². The number of nitrogens with one attached hydrogen (secondary N) is 3. The Labute approximate surface area is 863 Å². The molecule has 16 aromatic heterocycles. The van der Waals surface area contributed by atoms with Crippen LogP contribution in [-0.4, -0.2) is 246 Å². The lowest BCUT2D eigenvalue weighted by atomic mass is 10.0. The number of nitrogens with zero attached hydrogens (tertiary/aromatic N) is 24. The third-order valence-corrected chi connectivity index (χ3v) is 30.2. The first-order valence-electron chi connectivity index (χ1n) is 49.4. The van der Waals surface area contributed by atoms with Gasteiger partial charge in [-0.2, -0.15) is 0 Å². The smallest absolute Gasteiger partial charge is 0.258 e. The number of aryl methyl sites for hydroxylation is 4. The van der Waals surface area contributed by atoms with Crippen molar-refractivity contribution in [1.29, 1.82) is 0 Å². The second kappa shape index (κ2) is 41.9. The number of likely N-dealkylation sites (N-methyl/N-ethyl adjacent to an activating group) is 1. The van der Waals surface area contributed by atoms with Gasteiger partial charge in [-0.05, 0) is 224 Å². The number of piperazine rings is 2. The maximum atomic E-state index is 12.9. The molecule has 0 spiro atoms. The highest BCUT2D eigenvalue weighted by Gasteiger charge is 2.31. The second-order valence-corrected chi connectivity index (χ2v) is 42.4. The first-order chi connectivity index (χ1) is 70.6. The molecule has 25 rings (SSSR count). The van der Waals surface area contributed by atoms with Gasteiger partial charge >= 0.3 is 0 Å². The zero-order chi connectivity index (χ0) is 101. The monoisotopic (exact) mass is 2050 g/mol. The lowest BCUT2D eigenvalue weighted by molar-refractivity contribution is 0.162. The molecular formula is C108H112Cl3N27O6S2. The Balaban J connectivity index is 0.000000107. The number of hydrogen-bond donors (Lipinski definition) is 3. The summed E-state index contributed by atoms with van der Waals surface area (Å²) in [6.07, 6.45) is 26.2. The minimum Gasteiger partial charge on any atom is -0.489 e. The second-order valence-electron chi connectivity index (χ2n) is 38.7. The van der Waals surface area contributed by atoms with Crippen LogP contribution in [0.5, 0.6) is 5.75 Å². The average molecular weight is 2050 g/mol.